The van der Waals surface area contributed by atoms with E-state index < -0.39 is 10.5 Å². The molecule has 0 saturated carbocycles. The largest absolute Gasteiger partial charge is 0.461 e. The maximum atomic E-state index is 12.1. The number of rotatable bonds is 4. The van der Waals surface area contributed by atoms with Crippen LogP contribution in [0.1, 0.15) is 26.3 Å². The highest BCUT2D eigenvalue weighted by Gasteiger charge is 2.44. The zero-order valence-corrected chi connectivity index (χ0v) is 13.4. The molecule has 18 heavy (non-hydrogen) atoms. The first-order chi connectivity index (χ1) is 8.31. The predicted molar refractivity (Wildman–Crippen MR) is 73.9 cm³/mol. The van der Waals surface area contributed by atoms with Gasteiger partial charge in [0.15, 0.2) is 0 Å². The predicted octanol–water partition coefficient (Wildman–Crippen LogP) is 1.82. The number of carbonyl (C=O) groups is 1. The number of esters is 1. The smallest absolute Gasteiger partial charge is 0.309 e. The first-order valence-electron chi connectivity index (χ1n) is 5.93. The first kappa shape index (κ1) is 14.5. The Kier molecular flexibility index (Phi) is 4.31. The molecule has 0 aromatic heterocycles. The van der Waals surface area contributed by atoms with Crippen LogP contribution in [0.5, 0.6) is 0 Å². The Morgan fingerprint density at radius 2 is 1.89 bits per heavy atom. The van der Waals surface area contributed by atoms with Crippen LogP contribution in [0.15, 0.2) is 30.3 Å². The molecule has 96 valence electrons. The van der Waals surface area contributed by atoms with Crippen molar-refractivity contribution in [1.29, 1.82) is 5.26 Å². The Balaban J connectivity index is 2.70. The third-order valence-electron chi connectivity index (χ3n) is 3.57. The van der Waals surface area contributed by atoms with E-state index in [4.69, 9.17) is 10.00 Å². The van der Waals surface area contributed by atoms with Crippen molar-refractivity contribution in [2.24, 2.45) is 5.41 Å². The molecule has 0 fully saturated rings. The molecule has 0 heterocycles. The van der Waals surface area contributed by atoms with Gasteiger partial charge in [-0.15, -0.1) is 0 Å². The van der Waals surface area contributed by atoms with Gasteiger partial charge >= 0.3 is 5.97 Å². The second kappa shape index (κ2) is 5.36. The van der Waals surface area contributed by atoms with Gasteiger partial charge in [-0.3, -0.25) is 4.79 Å². The lowest BCUT2D eigenvalue weighted by Crippen LogP contribution is -2.36. The summed E-state index contributed by atoms with van der Waals surface area (Å²) in [5, 5.41) is 8.43. The molecule has 1 aromatic rings. The monoisotopic (exact) mass is 261 g/mol. The number of nitriles is 1. The van der Waals surface area contributed by atoms with E-state index in [1.54, 1.807) is 20.8 Å². The lowest BCUT2D eigenvalue weighted by Gasteiger charge is -2.33. The molecule has 1 atom stereocenters. The fourth-order valence-electron chi connectivity index (χ4n) is 1.30. The number of nitrogens with zero attached hydrogens (tertiary/aromatic N) is 1. The quantitative estimate of drug-likeness (QED) is 0.613. The van der Waals surface area contributed by atoms with Crippen LogP contribution in [0, 0.1) is 16.7 Å². The summed E-state index contributed by atoms with van der Waals surface area (Å²) in [6.07, 6.45) is 0. The van der Waals surface area contributed by atoms with Crippen LogP contribution in [0.4, 0.5) is 0 Å². The normalized spacial score (nSPS) is 14.6. The number of ether oxygens (including phenoxy) is 1. The molecule has 0 bridgehead atoms. The van der Waals surface area contributed by atoms with Crippen LogP contribution in [-0.4, -0.2) is 16.2 Å². The van der Waals surface area contributed by atoms with Crippen LogP contribution in [0.2, 0.25) is 5.04 Å². The van der Waals surface area contributed by atoms with Gasteiger partial charge < -0.3 is 4.74 Å². The summed E-state index contributed by atoms with van der Waals surface area (Å²) in [5.41, 5.74) is 0.255. The Morgan fingerprint density at radius 1 is 1.33 bits per heavy atom. The lowest BCUT2D eigenvalue weighted by molar-refractivity contribution is -0.150. The van der Waals surface area contributed by atoms with Crippen LogP contribution < -0.4 is 0 Å². The van der Waals surface area contributed by atoms with Gasteiger partial charge in [0.1, 0.15) is 6.61 Å². The van der Waals surface area contributed by atoms with Gasteiger partial charge in [-0.05, 0) is 19.4 Å². The van der Waals surface area contributed by atoms with Gasteiger partial charge in [-0.25, -0.2) is 0 Å². The summed E-state index contributed by atoms with van der Waals surface area (Å²) in [6, 6.07) is 11.7. The molecule has 0 aliphatic carbocycles. The average Bonchev–Trinajstić information content (AvgIpc) is 2.36. The number of hydrogen-bond donors (Lipinski definition) is 0. The first-order valence-corrected chi connectivity index (χ1v) is 6.93. The lowest BCUT2D eigenvalue weighted by atomic mass is 9.80. The van der Waals surface area contributed by atoms with E-state index in [1.807, 2.05) is 30.3 Å². The maximum Gasteiger partial charge on any atom is 0.309 e. The zero-order valence-electron chi connectivity index (χ0n) is 11.4. The molecule has 0 N–H and O–H groups in total. The van der Waals surface area contributed by atoms with Crippen molar-refractivity contribution >= 4 is 16.2 Å². The Hall–Kier alpha value is -1.60. The Bertz CT molecular complexity index is 460. The van der Waals surface area contributed by atoms with Crippen molar-refractivity contribution in [2.45, 2.75) is 32.4 Å². The van der Waals surface area contributed by atoms with E-state index in [-0.39, 0.29) is 12.6 Å². The van der Waals surface area contributed by atoms with Gasteiger partial charge in [0.25, 0.3) is 0 Å². The van der Waals surface area contributed by atoms with Gasteiger partial charge in [-0.1, -0.05) is 37.3 Å². The molecule has 1 unspecified atom stereocenters. The summed E-state index contributed by atoms with van der Waals surface area (Å²) in [7, 11) is 0.580. The maximum absolute atomic E-state index is 12.1. The van der Waals surface area contributed by atoms with E-state index in [9.17, 15) is 4.79 Å². The topological polar surface area (TPSA) is 50.1 Å². The fraction of sp³-hybridized carbons (Fsp3) is 0.429. The van der Waals surface area contributed by atoms with Crippen molar-refractivity contribution in [1.82, 2.24) is 0 Å². The molecule has 0 aliphatic rings. The number of benzene rings is 1. The standard InChI is InChI=1S/C14H19NO2Si/c1-13(2,10-15)14(3,18)12(16)17-9-11-7-5-4-6-8-11/h4-8H,9H2,1-3,18H3. The van der Waals surface area contributed by atoms with E-state index in [1.165, 1.54) is 0 Å². The molecule has 0 spiro atoms. The highest BCUT2D eigenvalue weighted by atomic mass is 28.1. The molecule has 0 aliphatic heterocycles. The minimum absolute atomic E-state index is 0.263. The van der Waals surface area contributed by atoms with Crippen LogP contribution >= 0.6 is 0 Å². The van der Waals surface area contributed by atoms with Crippen LogP contribution in [0.25, 0.3) is 0 Å². The van der Waals surface area contributed by atoms with Crippen LogP contribution in [-0.2, 0) is 16.1 Å². The van der Waals surface area contributed by atoms with Gasteiger partial charge in [0.2, 0.25) is 0 Å². The summed E-state index contributed by atoms with van der Waals surface area (Å²) in [4.78, 5) is 12.1. The van der Waals surface area contributed by atoms with Gasteiger partial charge in [0.05, 0.1) is 16.5 Å². The number of hydrogen-bond acceptors (Lipinski definition) is 3. The Labute approximate surface area is 111 Å². The summed E-state index contributed by atoms with van der Waals surface area (Å²) >= 11 is 0. The molecule has 3 nitrogen and oxygen atoms in total. The molecule has 0 radical (unpaired) electrons. The van der Waals surface area contributed by atoms with Crippen molar-refractivity contribution in [3.8, 4) is 6.07 Å². The molecule has 0 amide bonds. The molecular formula is C14H19NO2Si. The second-order valence-corrected chi connectivity index (χ2v) is 7.42. The Morgan fingerprint density at radius 3 is 2.39 bits per heavy atom. The highest BCUT2D eigenvalue weighted by Crippen LogP contribution is 2.43. The molecule has 4 heteroatoms. The van der Waals surface area contributed by atoms with Crippen molar-refractivity contribution in [3.05, 3.63) is 35.9 Å². The van der Waals surface area contributed by atoms with E-state index >= 15 is 0 Å². The zero-order chi connectivity index (χ0) is 13.8. The molecule has 1 aromatic carbocycles. The minimum atomic E-state index is -0.701. The van der Waals surface area contributed by atoms with E-state index in [2.05, 4.69) is 6.07 Å². The second-order valence-electron chi connectivity index (χ2n) is 5.42. The molecular weight excluding hydrogens is 242 g/mol. The summed E-state index contributed by atoms with van der Waals surface area (Å²) in [6.45, 7) is 5.63. The molecule has 1 rings (SSSR count). The van der Waals surface area contributed by atoms with Crippen molar-refractivity contribution in [3.63, 3.8) is 0 Å². The highest BCUT2D eigenvalue weighted by molar-refractivity contribution is 6.27. The average molecular weight is 261 g/mol. The summed E-state index contributed by atoms with van der Waals surface area (Å²) in [5.74, 6) is -0.287. The van der Waals surface area contributed by atoms with Gasteiger partial charge in [-0.2, -0.15) is 5.26 Å². The van der Waals surface area contributed by atoms with Crippen molar-refractivity contribution in [2.75, 3.05) is 0 Å². The van der Waals surface area contributed by atoms with Crippen molar-refractivity contribution < 1.29 is 9.53 Å². The minimum Gasteiger partial charge on any atom is -0.461 e. The molecule has 0 saturated heterocycles. The third-order valence-corrected chi connectivity index (χ3v) is 5.22. The summed E-state index contributed by atoms with van der Waals surface area (Å²) < 4.78 is 5.33. The van der Waals surface area contributed by atoms with E-state index in [0.717, 1.165) is 5.56 Å². The van der Waals surface area contributed by atoms with Crippen LogP contribution in [0.3, 0.4) is 0 Å². The van der Waals surface area contributed by atoms with E-state index in [0.29, 0.717) is 10.2 Å². The van der Waals surface area contributed by atoms with Gasteiger partial charge in [0, 0.05) is 10.2 Å². The third kappa shape index (κ3) is 2.99. The number of carbonyl (C=O) groups excluding carboxylic acids is 1. The SMILES string of the molecule is CC(C)(C#N)C(C)([SiH3])C(=O)OCc1ccccc1. The fourth-order valence-corrected chi connectivity index (χ4v) is 1.55.